The second kappa shape index (κ2) is 4.54. The van der Waals surface area contributed by atoms with E-state index in [9.17, 15) is 0 Å². The Morgan fingerprint density at radius 1 is 1.67 bits per heavy atom. The van der Waals surface area contributed by atoms with Crippen molar-refractivity contribution in [3.8, 4) is 0 Å². The maximum atomic E-state index is 6.13. The van der Waals surface area contributed by atoms with Crippen molar-refractivity contribution < 1.29 is 0 Å². The number of hydrogen-bond donors (Lipinski definition) is 1. The Morgan fingerprint density at radius 2 is 2.40 bits per heavy atom. The van der Waals surface area contributed by atoms with E-state index in [-0.39, 0.29) is 0 Å². The zero-order chi connectivity index (χ0) is 10.8. The molecule has 1 aromatic rings. The number of halogens is 2. The number of aromatic nitrogens is 1. The standard InChI is InChI=1S/C11H12BrClN2/c1-2-14-6-10-11(12)8(13)5-9(15-10)7-3-4-7/h2,5,7,14H,1,3-4,6H2. The molecule has 0 aromatic carbocycles. The summed E-state index contributed by atoms with van der Waals surface area (Å²) >= 11 is 9.57. The van der Waals surface area contributed by atoms with Crippen LogP contribution in [0.2, 0.25) is 5.02 Å². The molecule has 0 saturated heterocycles. The minimum Gasteiger partial charge on any atom is -0.386 e. The van der Waals surface area contributed by atoms with Gasteiger partial charge in [0.1, 0.15) is 0 Å². The van der Waals surface area contributed by atoms with Crippen molar-refractivity contribution in [3.63, 3.8) is 0 Å². The Morgan fingerprint density at radius 3 is 3.00 bits per heavy atom. The molecular weight excluding hydrogens is 275 g/mol. The highest BCUT2D eigenvalue weighted by Crippen LogP contribution is 2.41. The van der Waals surface area contributed by atoms with Crippen LogP contribution in [0.4, 0.5) is 0 Å². The average molecular weight is 288 g/mol. The van der Waals surface area contributed by atoms with E-state index >= 15 is 0 Å². The first-order chi connectivity index (χ1) is 7.22. The summed E-state index contributed by atoms with van der Waals surface area (Å²) in [5, 5.41) is 3.78. The zero-order valence-electron chi connectivity index (χ0n) is 8.26. The van der Waals surface area contributed by atoms with Crippen LogP contribution in [-0.2, 0) is 6.54 Å². The van der Waals surface area contributed by atoms with E-state index in [0.717, 1.165) is 20.9 Å². The van der Waals surface area contributed by atoms with Crippen molar-refractivity contribution in [1.82, 2.24) is 10.3 Å². The molecule has 1 saturated carbocycles. The van der Waals surface area contributed by atoms with Crippen LogP contribution in [0.1, 0.15) is 30.1 Å². The van der Waals surface area contributed by atoms with E-state index in [1.165, 1.54) is 12.8 Å². The molecule has 1 aliphatic rings. The normalized spacial score (nSPS) is 15.1. The van der Waals surface area contributed by atoms with E-state index in [1.54, 1.807) is 6.20 Å². The fourth-order valence-corrected chi connectivity index (χ4v) is 2.01. The van der Waals surface area contributed by atoms with Gasteiger partial charge < -0.3 is 5.32 Å². The van der Waals surface area contributed by atoms with Crippen molar-refractivity contribution >= 4 is 27.5 Å². The lowest BCUT2D eigenvalue weighted by Crippen LogP contribution is -2.08. The highest BCUT2D eigenvalue weighted by Gasteiger charge is 2.26. The van der Waals surface area contributed by atoms with Gasteiger partial charge in [0, 0.05) is 11.6 Å². The largest absolute Gasteiger partial charge is 0.386 e. The van der Waals surface area contributed by atoms with Gasteiger partial charge in [-0.05, 0) is 41.0 Å². The number of pyridine rings is 1. The first kappa shape index (κ1) is 11.0. The molecule has 0 unspecified atom stereocenters. The molecule has 0 radical (unpaired) electrons. The molecule has 2 rings (SSSR count). The summed E-state index contributed by atoms with van der Waals surface area (Å²) in [6.07, 6.45) is 4.13. The molecule has 15 heavy (non-hydrogen) atoms. The van der Waals surface area contributed by atoms with Crippen molar-refractivity contribution in [3.05, 3.63) is 39.7 Å². The Kier molecular flexibility index (Phi) is 3.32. The van der Waals surface area contributed by atoms with Gasteiger partial charge in [0.25, 0.3) is 0 Å². The van der Waals surface area contributed by atoms with Crippen LogP contribution in [0.5, 0.6) is 0 Å². The molecule has 0 aliphatic heterocycles. The molecule has 0 amide bonds. The van der Waals surface area contributed by atoms with Crippen molar-refractivity contribution in [2.75, 3.05) is 0 Å². The maximum absolute atomic E-state index is 6.13. The van der Waals surface area contributed by atoms with E-state index in [4.69, 9.17) is 11.6 Å². The zero-order valence-corrected chi connectivity index (χ0v) is 10.6. The predicted molar refractivity (Wildman–Crippen MR) is 66.0 cm³/mol. The van der Waals surface area contributed by atoms with Gasteiger partial charge in [-0.1, -0.05) is 18.2 Å². The molecule has 4 heteroatoms. The van der Waals surface area contributed by atoms with E-state index in [2.05, 4.69) is 32.8 Å². The lowest BCUT2D eigenvalue weighted by atomic mass is 10.2. The first-order valence-corrected chi connectivity index (χ1v) is 6.08. The first-order valence-electron chi connectivity index (χ1n) is 4.91. The number of nitrogens with one attached hydrogen (secondary N) is 1. The topological polar surface area (TPSA) is 24.9 Å². The second-order valence-electron chi connectivity index (χ2n) is 3.65. The lowest BCUT2D eigenvalue weighted by Gasteiger charge is -2.08. The molecule has 1 fully saturated rings. The number of nitrogens with zero attached hydrogens (tertiary/aromatic N) is 1. The molecule has 2 nitrogen and oxygen atoms in total. The van der Waals surface area contributed by atoms with Crippen LogP contribution in [0, 0.1) is 0 Å². The molecular formula is C11H12BrClN2. The van der Waals surface area contributed by atoms with Gasteiger partial charge in [0.05, 0.1) is 21.7 Å². The minimum atomic E-state index is 0.623. The van der Waals surface area contributed by atoms with Crippen LogP contribution >= 0.6 is 27.5 Å². The monoisotopic (exact) mass is 286 g/mol. The summed E-state index contributed by atoms with van der Waals surface area (Å²) in [6, 6.07) is 1.96. The number of hydrogen-bond acceptors (Lipinski definition) is 2. The summed E-state index contributed by atoms with van der Waals surface area (Å²) in [4.78, 5) is 4.59. The van der Waals surface area contributed by atoms with Gasteiger partial charge in [-0.2, -0.15) is 0 Å². The molecule has 0 atom stereocenters. The smallest absolute Gasteiger partial charge is 0.0754 e. The van der Waals surface area contributed by atoms with Gasteiger partial charge in [0.2, 0.25) is 0 Å². The van der Waals surface area contributed by atoms with Crippen LogP contribution in [0.15, 0.2) is 23.3 Å². The Labute approximate surface area is 103 Å². The van der Waals surface area contributed by atoms with Crippen LogP contribution in [-0.4, -0.2) is 4.98 Å². The van der Waals surface area contributed by atoms with Crippen LogP contribution in [0.25, 0.3) is 0 Å². The van der Waals surface area contributed by atoms with Gasteiger partial charge in [-0.25, -0.2) is 0 Å². The Balaban J connectivity index is 2.28. The summed E-state index contributed by atoms with van der Waals surface area (Å²) in [5.41, 5.74) is 2.06. The molecule has 1 N–H and O–H groups in total. The molecule has 0 spiro atoms. The van der Waals surface area contributed by atoms with E-state index < -0.39 is 0 Å². The van der Waals surface area contributed by atoms with Gasteiger partial charge in [-0.3, -0.25) is 4.98 Å². The molecule has 80 valence electrons. The Bertz CT molecular complexity index is 388. The quantitative estimate of drug-likeness (QED) is 0.915. The average Bonchev–Trinajstić information content (AvgIpc) is 3.03. The molecule has 1 aliphatic carbocycles. The molecule has 0 bridgehead atoms. The SMILES string of the molecule is C=CNCc1nc(C2CC2)cc(Cl)c1Br. The summed E-state index contributed by atoms with van der Waals surface area (Å²) < 4.78 is 0.878. The van der Waals surface area contributed by atoms with E-state index in [1.807, 2.05) is 6.07 Å². The third-order valence-electron chi connectivity index (χ3n) is 2.41. The molecule has 1 heterocycles. The fraction of sp³-hybridized carbons (Fsp3) is 0.364. The third kappa shape index (κ3) is 2.52. The third-order valence-corrected chi connectivity index (χ3v) is 3.82. The summed E-state index contributed by atoms with van der Waals surface area (Å²) in [7, 11) is 0. The maximum Gasteiger partial charge on any atom is 0.0754 e. The van der Waals surface area contributed by atoms with Gasteiger partial charge >= 0.3 is 0 Å². The molecule has 1 aromatic heterocycles. The number of rotatable bonds is 4. The van der Waals surface area contributed by atoms with Gasteiger partial charge in [-0.15, -0.1) is 0 Å². The van der Waals surface area contributed by atoms with Gasteiger partial charge in [0.15, 0.2) is 0 Å². The fourth-order valence-electron chi connectivity index (χ4n) is 1.44. The summed E-state index contributed by atoms with van der Waals surface area (Å²) in [5.74, 6) is 0.623. The van der Waals surface area contributed by atoms with E-state index in [0.29, 0.717) is 12.5 Å². The highest BCUT2D eigenvalue weighted by atomic mass is 79.9. The highest BCUT2D eigenvalue weighted by molar-refractivity contribution is 9.10. The Hall–Kier alpha value is -0.540. The second-order valence-corrected chi connectivity index (χ2v) is 4.85. The van der Waals surface area contributed by atoms with Crippen LogP contribution < -0.4 is 5.32 Å². The van der Waals surface area contributed by atoms with Crippen LogP contribution in [0.3, 0.4) is 0 Å². The van der Waals surface area contributed by atoms with Crippen molar-refractivity contribution in [2.45, 2.75) is 25.3 Å². The minimum absolute atomic E-state index is 0.623. The lowest BCUT2D eigenvalue weighted by molar-refractivity contribution is 0.816. The van der Waals surface area contributed by atoms with Crippen molar-refractivity contribution in [2.24, 2.45) is 0 Å². The summed E-state index contributed by atoms with van der Waals surface area (Å²) in [6.45, 7) is 4.27. The predicted octanol–water partition coefficient (Wildman–Crippen LogP) is 3.61. The van der Waals surface area contributed by atoms with Crippen molar-refractivity contribution in [1.29, 1.82) is 0 Å².